The van der Waals surface area contributed by atoms with Crippen molar-refractivity contribution in [1.29, 1.82) is 0 Å². The number of benzene rings is 2. The maximum absolute atomic E-state index is 13.5. The second-order valence-electron chi connectivity index (χ2n) is 6.57. The first-order valence-electron chi connectivity index (χ1n) is 8.84. The number of carboxylic acids is 1. The van der Waals surface area contributed by atoms with Crippen molar-refractivity contribution in [2.24, 2.45) is 0 Å². The fourth-order valence-corrected chi connectivity index (χ4v) is 3.03. The first-order valence-corrected chi connectivity index (χ1v) is 8.84. The second-order valence-corrected chi connectivity index (χ2v) is 6.57. The van der Waals surface area contributed by atoms with Crippen molar-refractivity contribution < 1.29 is 23.5 Å². The summed E-state index contributed by atoms with van der Waals surface area (Å²) in [6, 6.07) is 11.4. The predicted molar refractivity (Wildman–Crippen MR) is 103 cm³/mol. The number of aromatic nitrogens is 1. The van der Waals surface area contributed by atoms with Gasteiger partial charge in [0.25, 0.3) is 5.91 Å². The smallest absolute Gasteiger partial charge is 0.305 e. The average molecular weight is 396 g/mol. The van der Waals surface area contributed by atoms with Crippen LogP contribution in [0.5, 0.6) is 0 Å². The number of amides is 1. The Kier molecular flexibility index (Phi) is 5.97. The molecule has 0 fully saturated rings. The summed E-state index contributed by atoms with van der Waals surface area (Å²) in [6.07, 6.45) is 2.47. The third-order valence-electron chi connectivity index (χ3n) is 4.50. The van der Waals surface area contributed by atoms with E-state index in [9.17, 15) is 23.5 Å². The topological polar surface area (TPSA) is 79.3 Å². The number of nitrogens with one attached hydrogen (secondary N) is 1. The SMILES string of the molecule is Cc1ccccc1[C@H](CC(=O)O)NC(=O)c1cncc(-c2ccc(F)c(F)c2)c1. The highest BCUT2D eigenvalue weighted by Crippen LogP contribution is 2.24. The zero-order chi connectivity index (χ0) is 21.0. The lowest BCUT2D eigenvalue weighted by Gasteiger charge is -2.19. The fraction of sp³-hybridized carbons (Fsp3) is 0.136. The highest BCUT2D eigenvalue weighted by Gasteiger charge is 2.21. The zero-order valence-corrected chi connectivity index (χ0v) is 15.5. The van der Waals surface area contributed by atoms with E-state index in [0.29, 0.717) is 16.7 Å². The fourth-order valence-electron chi connectivity index (χ4n) is 3.03. The summed E-state index contributed by atoms with van der Waals surface area (Å²) in [5.41, 5.74) is 2.53. The molecule has 5 nitrogen and oxygen atoms in total. The highest BCUT2D eigenvalue weighted by molar-refractivity contribution is 5.95. The molecule has 1 amide bonds. The summed E-state index contributed by atoms with van der Waals surface area (Å²) < 4.78 is 26.7. The van der Waals surface area contributed by atoms with E-state index in [-0.39, 0.29) is 12.0 Å². The molecule has 2 N–H and O–H groups in total. The first-order chi connectivity index (χ1) is 13.8. The summed E-state index contributed by atoms with van der Waals surface area (Å²) in [7, 11) is 0. The van der Waals surface area contributed by atoms with E-state index in [2.05, 4.69) is 10.3 Å². The minimum Gasteiger partial charge on any atom is -0.481 e. The Hall–Kier alpha value is -3.61. The highest BCUT2D eigenvalue weighted by atomic mass is 19.2. The van der Waals surface area contributed by atoms with E-state index in [4.69, 9.17) is 0 Å². The van der Waals surface area contributed by atoms with Crippen LogP contribution in [0.4, 0.5) is 8.78 Å². The number of hydrogen-bond donors (Lipinski definition) is 2. The zero-order valence-electron chi connectivity index (χ0n) is 15.5. The number of carboxylic acid groups (broad SMARTS) is 1. The summed E-state index contributed by atoms with van der Waals surface area (Å²) >= 11 is 0. The van der Waals surface area contributed by atoms with Gasteiger partial charge in [-0.25, -0.2) is 8.78 Å². The van der Waals surface area contributed by atoms with E-state index >= 15 is 0 Å². The number of aryl methyl sites for hydroxylation is 1. The summed E-state index contributed by atoms with van der Waals surface area (Å²) in [5, 5.41) is 12.0. The molecule has 1 heterocycles. The largest absolute Gasteiger partial charge is 0.481 e. The number of nitrogens with zero attached hydrogens (tertiary/aromatic N) is 1. The lowest BCUT2D eigenvalue weighted by Crippen LogP contribution is -2.30. The molecule has 0 saturated carbocycles. The van der Waals surface area contributed by atoms with Crippen LogP contribution in [0, 0.1) is 18.6 Å². The summed E-state index contributed by atoms with van der Waals surface area (Å²) in [4.78, 5) is 28.0. The Balaban J connectivity index is 1.88. The molecule has 1 atom stereocenters. The van der Waals surface area contributed by atoms with Crippen LogP contribution in [-0.4, -0.2) is 22.0 Å². The lowest BCUT2D eigenvalue weighted by molar-refractivity contribution is -0.137. The van der Waals surface area contributed by atoms with Gasteiger partial charge in [-0.2, -0.15) is 0 Å². The molecule has 29 heavy (non-hydrogen) atoms. The van der Waals surface area contributed by atoms with Gasteiger partial charge in [0.05, 0.1) is 18.0 Å². The molecule has 0 aliphatic carbocycles. The molecule has 3 aromatic rings. The number of carbonyl (C=O) groups excluding carboxylic acids is 1. The van der Waals surface area contributed by atoms with Gasteiger partial charge < -0.3 is 10.4 Å². The third-order valence-corrected chi connectivity index (χ3v) is 4.50. The molecule has 0 spiro atoms. The summed E-state index contributed by atoms with van der Waals surface area (Å²) in [5.74, 6) is -3.53. The van der Waals surface area contributed by atoms with Gasteiger partial charge >= 0.3 is 5.97 Å². The molecular formula is C22H18F2N2O3. The number of hydrogen-bond acceptors (Lipinski definition) is 3. The van der Waals surface area contributed by atoms with Crippen molar-refractivity contribution >= 4 is 11.9 Å². The Bertz CT molecular complexity index is 1070. The van der Waals surface area contributed by atoms with Gasteiger partial charge in [-0.05, 0) is 41.8 Å². The monoisotopic (exact) mass is 396 g/mol. The third kappa shape index (κ3) is 4.82. The molecule has 1 aromatic heterocycles. The van der Waals surface area contributed by atoms with E-state index < -0.39 is 29.6 Å². The van der Waals surface area contributed by atoms with Crippen LogP contribution in [0.15, 0.2) is 60.9 Å². The number of carbonyl (C=O) groups is 2. The number of aliphatic carboxylic acids is 1. The molecule has 148 valence electrons. The maximum atomic E-state index is 13.5. The number of halogens is 2. The van der Waals surface area contributed by atoms with Gasteiger partial charge in [0.2, 0.25) is 0 Å². The Labute approximate surface area is 166 Å². The van der Waals surface area contributed by atoms with Crippen LogP contribution >= 0.6 is 0 Å². The van der Waals surface area contributed by atoms with Crippen LogP contribution in [-0.2, 0) is 4.79 Å². The number of rotatable bonds is 6. The standard InChI is InChI=1S/C22H18F2N2O3/c1-13-4-2-3-5-17(13)20(10-21(27)28)26-22(29)16-8-15(11-25-12-16)14-6-7-18(23)19(24)9-14/h2-9,11-12,20H,10H2,1H3,(H,26,29)(H,27,28)/t20-/m0/s1. The van der Waals surface area contributed by atoms with Crippen molar-refractivity contribution in [2.45, 2.75) is 19.4 Å². The van der Waals surface area contributed by atoms with Gasteiger partial charge in [-0.1, -0.05) is 30.3 Å². The molecular weight excluding hydrogens is 378 g/mol. The van der Waals surface area contributed by atoms with Gasteiger partial charge in [0.1, 0.15) is 0 Å². The van der Waals surface area contributed by atoms with Crippen LogP contribution in [0.2, 0.25) is 0 Å². The quantitative estimate of drug-likeness (QED) is 0.652. The van der Waals surface area contributed by atoms with Crippen molar-refractivity contribution in [3.05, 3.63) is 89.2 Å². The van der Waals surface area contributed by atoms with Crippen molar-refractivity contribution in [2.75, 3.05) is 0 Å². The molecule has 0 radical (unpaired) electrons. The van der Waals surface area contributed by atoms with Gasteiger partial charge in [0.15, 0.2) is 11.6 Å². The van der Waals surface area contributed by atoms with Crippen LogP contribution < -0.4 is 5.32 Å². The Morgan fingerprint density at radius 1 is 1.03 bits per heavy atom. The molecule has 0 aliphatic rings. The van der Waals surface area contributed by atoms with E-state index in [1.54, 1.807) is 12.1 Å². The minimum atomic E-state index is -1.05. The van der Waals surface area contributed by atoms with E-state index in [1.807, 2.05) is 19.1 Å². The lowest BCUT2D eigenvalue weighted by atomic mass is 9.98. The van der Waals surface area contributed by atoms with Crippen molar-refractivity contribution in [3.63, 3.8) is 0 Å². The molecule has 3 rings (SSSR count). The molecule has 0 aliphatic heterocycles. The molecule has 0 unspecified atom stereocenters. The molecule has 7 heteroatoms. The minimum absolute atomic E-state index is 0.177. The Morgan fingerprint density at radius 3 is 2.48 bits per heavy atom. The van der Waals surface area contributed by atoms with Gasteiger partial charge in [-0.3, -0.25) is 14.6 Å². The predicted octanol–water partition coefficient (Wildman–Crippen LogP) is 4.28. The van der Waals surface area contributed by atoms with E-state index in [0.717, 1.165) is 17.7 Å². The molecule has 0 saturated heterocycles. The van der Waals surface area contributed by atoms with Crippen molar-refractivity contribution in [1.82, 2.24) is 10.3 Å². The van der Waals surface area contributed by atoms with Gasteiger partial charge in [0, 0.05) is 18.0 Å². The molecule has 2 aromatic carbocycles. The van der Waals surface area contributed by atoms with Crippen LogP contribution in [0.3, 0.4) is 0 Å². The van der Waals surface area contributed by atoms with Crippen molar-refractivity contribution in [3.8, 4) is 11.1 Å². The van der Waals surface area contributed by atoms with Crippen LogP contribution in [0.25, 0.3) is 11.1 Å². The number of pyridine rings is 1. The maximum Gasteiger partial charge on any atom is 0.305 e. The normalized spacial score (nSPS) is 11.7. The average Bonchev–Trinajstić information content (AvgIpc) is 2.69. The first kappa shape index (κ1) is 20.1. The second kappa shape index (κ2) is 8.60. The van der Waals surface area contributed by atoms with E-state index in [1.165, 1.54) is 24.5 Å². The Morgan fingerprint density at radius 2 is 1.79 bits per heavy atom. The molecule has 0 bridgehead atoms. The van der Waals surface area contributed by atoms with Crippen LogP contribution in [0.1, 0.15) is 33.9 Å². The summed E-state index contributed by atoms with van der Waals surface area (Å²) in [6.45, 7) is 1.83. The van der Waals surface area contributed by atoms with Gasteiger partial charge in [-0.15, -0.1) is 0 Å².